The Balaban J connectivity index is 4.12. The van der Waals surface area contributed by atoms with Crippen LogP contribution in [0.3, 0.4) is 0 Å². The minimum atomic E-state index is -0.881. The summed E-state index contributed by atoms with van der Waals surface area (Å²) in [5.41, 5.74) is -0.564. The van der Waals surface area contributed by atoms with Gasteiger partial charge in [-0.1, -0.05) is 6.58 Å². The Morgan fingerprint density at radius 3 is 2.38 bits per heavy atom. The molecule has 0 fully saturated rings. The first-order valence-corrected chi connectivity index (χ1v) is 5.10. The number of amides is 1. The van der Waals surface area contributed by atoms with Gasteiger partial charge in [-0.05, 0) is 27.2 Å². The van der Waals surface area contributed by atoms with Gasteiger partial charge in [-0.2, -0.15) is 0 Å². The van der Waals surface area contributed by atoms with Crippen molar-refractivity contribution in [3.8, 4) is 0 Å². The summed E-state index contributed by atoms with van der Waals surface area (Å²) in [5.74, 6) is -0.881. The summed E-state index contributed by atoms with van der Waals surface area (Å²) in [4.78, 5) is 23.1. The van der Waals surface area contributed by atoms with Crippen molar-refractivity contribution in [2.24, 2.45) is 0 Å². The maximum Gasteiger partial charge on any atom is 0.414 e. The van der Waals surface area contributed by atoms with Gasteiger partial charge in [-0.25, -0.2) is 4.79 Å². The highest BCUT2D eigenvalue weighted by molar-refractivity contribution is 5.69. The van der Waals surface area contributed by atoms with E-state index in [0.717, 1.165) is 0 Å². The third kappa shape index (κ3) is 6.86. The predicted molar refractivity (Wildman–Crippen MR) is 60.0 cm³/mol. The van der Waals surface area contributed by atoms with E-state index in [0.29, 0.717) is 13.0 Å². The van der Waals surface area contributed by atoms with Gasteiger partial charge in [0.05, 0.1) is 0 Å². The molecule has 0 saturated carbocycles. The number of ether oxygens (including phenoxy) is 1. The fourth-order valence-corrected chi connectivity index (χ4v) is 0.978. The number of carbonyl (C=O) groups is 2. The lowest BCUT2D eigenvalue weighted by molar-refractivity contribution is -0.137. The molecule has 0 aliphatic carbocycles. The average Bonchev–Trinajstić information content (AvgIpc) is 2.08. The van der Waals surface area contributed by atoms with Crippen LogP contribution in [0.25, 0.3) is 0 Å². The number of rotatable bonds is 5. The molecule has 92 valence electrons. The van der Waals surface area contributed by atoms with Crippen molar-refractivity contribution in [3.05, 3.63) is 12.8 Å². The van der Waals surface area contributed by atoms with Crippen LogP contribution in [-0.2, 0) is 9.53 Å². The molecule has 0 aromatic carbocycles. The molecule has 1 amide bonds. The first kappa shape index (κ1) is 14.5. The summed E-state index contributed by atoms with van der Waals surface area (Å²) in [7, 11) is 0. The largest absolute Gasteiger partial charge is 0.481 e. The number of hydrogen-bond acceptors (Lipinski definition) is 3. The van der Waals surface area contributed by atoms with Crippen LogP contribution in [0.5, 0.6) is 0 Å². The van der Waals surface area contributed by atoms with E-state index in [1.54, 1.807) is 20.8 Å². The highest BCUT2D eigenvalue weighted by atomic mass is 16.6. The van der Waals surface area contributed by atoms with E-state index in [9.17, 15) is 9.59 Å². The molecule has 0 spiro atoms. The van der Waals surface area contributed by atoms with E-state index in [2.05, 4.69) is 6.58 Å². The number of carboxylic acids is 1. The second kappa shape index (κ2) is 6.15. The van der Waals surface area contributed by atoms with E-state index in [1.807, 2.05) is 0 Å². The van der Waals surface area contributed by atoms with Crippen LogP contribution in [-0.4, -0.2) is 34.2 Å². The summed E-state index contributed by atoms with van der Waals surface area (Å²) < 4.78 is 5.12. The maximum absolute atomic E-state index is 11.6. The Morgan fingerprint density at radius 1 is 1.44 bits per heavy atom. The normalized spacial score (nSPS) is 10.7. The number of nitrogens with zero attached hydrogens (tertiary/aromatic N) is 1. The lowest BCUT2D eigenvalue weighted by Crippen LogP contribution is -2.34. The molecular formula is C11H19NO4. The van der Waals surface area contributed by atoms with E-state index in [-0.39, 0.29) is 6.42 Å². The number of hydrogen-bond donors (Lipinski definition) is 1. The lowest BCUT2D eigenvalue weighted by atomic mass is 10.2. The SMILES string of the molecule is C=CN(CCCC(=O)O)C(=O)OC(C)(C)C. The summed E-state index contributed by atoms with van der Waals surface area (Å²) in [6, 6.07) is 0. The summed E-state index contributed by atoms with van der Waals surface area (Å²) in [5, 5.41) is 8.46. The minimum absolute atomic E-state index is 0.0210. The van der Waals surface area contributed by atoms with Crippen molar-refractivity contribution >= 4 is 12.1 Å². The molecule has 0 radical (unpaired) electrons. The molecule has 0 saturated heterocycles. The summed E-state index contributed by atoms with van der Waals surface area (Å²) in [6.07, 6.45) is 1.23. The summed E-state index contributed by atoms with van der Waals surface area (Å²) in [6.45, 7) is 9.09. The molecule has 0 rings (SSSR count). The van der Waals surface area contributed by atoms with Crippen LogP contribution in [0.4, 0.5) is 4.79 Å². The van der Waals surface area contributed by atoms with E-state index in [4.69, 9.17) is 9.84 Å². The van der Waals surface area contributed by atoms with Crippen LogP contribution in [0.15, 0.2) is 12.8 Å². The van der Waals surface area contributed by atoms with Crippen LogP contribution < -0.4 is 0 Å². The van der Waals surface area contributed by atoms with E-state index in [1.165, 1.54) is 11.1 Å². The maximum atomic E-state index is 11.6. The van der Waals surface area contributed by atoms with Gasteiger partial charge in [0.2, 0.25) is 0 Å². The van der Waals surface area contributed by atoms with Gasteiger partial charge < -0.3 is 9.84 Å². The van der Waals surface area contributed by atoms with Gasteiger partial charge in [0.1, 0.15) is 5.60 Å². The van der Waals surface area contributed by atoms with E-state index >= 15 is 0 Å². The molecule has 0 aliphatic heterocycles. The van der Waals surface area contributed by atoms with Gasteiger partial charge in [0.15, 0.2) is 0 Å². The monoisotopic (exact) mass is 229 g/mol. The molecule has 0 unspecified atom stereocenters. The first-order valence-electron chi connectivity index (χ1n) is 5.10. The van der Waals surface area contributed by atoms with Crippen molar-refractivity contribution in [2.45, 2.75) is 39.2 Å². The van der Waals surface area contributed by atoms with Crippen LogP contribution in [0.1, 0.15) is 33.6 Å². The zero-order valence-electron chi connectivity index (χ0n) is 10.0. The Morgan fingerprint density at radius 2 is 2.00 bits per heavy atom. The molecule has 0 atom stereocenters. The Labute approximate surface area is 95.7 Å². The molecule has 1 N–H and O–H groups in total. The Kier molecular flexibility index (Phi) is 5.56. The second-order valence-electron chi connectivity index (χ2n) is 4.35. The molecule has 0 aromatic heterocycles. The second-order valence-corrected chi connectivity index (χ2v) is 4.35. The van der Waals surface area contributed by atoms with Crippen LogP contribution >= 0.6 is 0 Å². The fourth-order valence-electron chi connectivity index (χ4n) is 0.978. The zero-order chi connectivity index (χ0) is 12.8. The van der Waals surface area contributed by atoms with Gasteiger partial charge >= 0.3 is 12.1 Å². The molecule has 5 nitrogen and oxygen atoms in total. The van der Waals surface area contributed by atoms with Crippen molar-refractivity contribution in [1.82, 2.24) is 4.90 Å². The highest BCUT2D eigenvalue weighted by Crippen LogP contribution is 2.10. The lowest BCUT2D eigenvalue weighted by Gasteiger charge is -2.24. The minimum Gasteiger partial charge on any atom is -0.481 e. The first-order chi connectivity index (χ1) is 7.26. The van der Waals surface area contributed by atoms with Gasteiger partial charge in [0, 0.05) is 19.2 Å². The Bertz CT molecular complexity index is 268. The van der Waals surface area contributed by atoms with E-state index < -0.39 is 17.7 Å². The molecule has 0 aromatic rings. The number of carbonyl (C=O) groups excluding carboxylic acids is 1. The van der Waals surface area contributed by atoms with Gasteiger partial charge in [-0.15, -0.1) is 0 Å². The van der Waals surface area contributed by atoms with Crippen molar-refractivity contribution in [1.29, 1.82) is 0 Å². The third-order valence-corrected chi connectivity index (χ3v) is 1.64. The zero-order valence-corrected chi connectivity index (χ0v) is 10.0. The van der Waals surface area contributed by atoms with Crippen LogP contribution in [0.2, 0.25) is 0 Å². The number of carboxylic acid groups (broad SMARTS) is 1. The average molecular weight is 229 g/mol. The molecule has 0 aliphatic rings. The summed E-state index contributed by atoms with van der Waals surface area (Å²) >= 11 is 0. The van der Waals surface area contributed by atoms with Crippen LogP contribution in [0, 0.1) is 0 Å². The predicted octanol–water partition coefficient (Wildman–Crippen LogP) is 2.23. The van der Waals surface area contributed by atoms with Crippen molar-refractivity contribution in [3.63, 3.8) is 0 Å². The standard InChI is InChI=1S/C11H19NO4/c1-5-12(8-6-7-9(13)14)10(15)16-11(2,3)4/h5H,1,6-8H2,2-4H3,(H,13,14). The molecule has 0 heterocycles. The topological polar surface area (TPSA) is 66.8 Å². The third-order valence-electron chi connectivity index (χ3n) is 1.64. The van der Waals surface area contributed by atoms with Crippen molar-refractivity contribution in [2.75, 3.05) is 6.54 Å². The smallest absolute Gasteiger partial charge is 0.414 e. The molecular weight excluding hydrogens is 210 g/mol. The molecule has 5 heteroatoms. The fraction of sp³-hybridized carbons (Fsp3) is 0.636. The molecule has 16 heavy (non-hydrogen) atoms. The van der Waals surface area contributed by atoms with Gasteiger partial charge in [0.25, 0.3) is 0 Å². The van der Waals surface area contributed by atoms with Gasteiger partial charge in [-0.3, -0.25) is 9.69 Å². The van der Waals surface area contributed by atoms with Crippen molar-refractivity contribution < 1.29 is 19.4 Å². The highest BCUT2D eigenvalue weighted by Gasteiger charge is 2.20. The Hall–Kier alpha value is -1.52. The quantitative estimate of drug-likeness (QED) is 0.785. The number of aliphatic carboxylic acids is 1. The molecule has 0 bridgehead atoms.